The Morgan fingerprint density at radius 3 is 2.29 bits per heavy atom. The number of hydrogen-bond donors (Lipinski definition) is 1. The van der Waals surface area contributed by atoms with E-state index >= 15 is 0 Å². The Hall–Kier alpha value is -4.09. The van der Waals surface area contributed by atoms with Gasteiger partial charge in [0.05, 0.1) is 19.3 Å². The molecule has 0 radical (unpaired) electrons. The van der Waals surface area contributed by atoms with Crippen molar-refractivity contribution >= 4 is 33.9 Å². The van der Waals surface area contributed by atoms with Crippen molar-refractivity contribution in [3.8, 4) is 0 Å². The van der Waals surface area contributed by atoms with E-state index in [-0.39, 0.29) is 10.4 Å². The zero-order chi connectivity index (χ0) is 23.5. The Kier molecular flexibility index (Phi) is 5.78. The molecule has 4 aromatic rings. The zero-order valence-corrected chi connectivity index (χ0v) is 19.2. The number of hydrogen-bond acceptors (Lipinski definition) is 4. The second-order valence-electron chi connectivity index (χ2n) is 8.80. The van der Waals surface area contributed by atoms with Gasteiger partial charge in [-0.15, -0.1) is 0 Å². The average Bonchev–Trinajstić information content (AvgIpc) is 2.88. The van der Waals surface area contributed by atoms with Crippen molar-refractivity contribution < 1.29 is 9.28 Å². The number of amides is 1. The fourth-order valence-corrected chi connectivity index (χ4v) is 4.52. The highest BCUT2D eigenvalue weighted by atomic mass is 16.2. The number of carbonyl (C=O) groups is 1. The Bertz CT molecular complexity index is 1410. The molecule has 0 saturated heterocycles. The van der Waals surface area contributed by atoms with Crippen LogP contribution in [0.4, 0.5) is 0 Å². The van der Waals surface area contributed by atoms with Crippen LogP contribution in [0.5, 0.6) is 0 Å². The lowest BCUT2D eigenvalue weighted by atomic mass is 9.94. The molecule has 34 heavy (non-hydrogen) atoms. The third-order valence-electron chi connectivity index (χ3n) is 6.54. The number of fused-ring (bicyclic) bond motifs is 1. The number of quaternary nitrogens is 1. The molecule has 5 rings (SSSR count). The van der Waals surface area contributed by atoms with Gasteiger partial charge in [-0.1, -0.05) is 66.7 Å². The summed E-state index contributed by atoms with van der Waals surface area (Å²) in [6.45, 7) is 0.573. The molecule has 2 N–H and O–H groups in total. The number of nitrogens with zero attached hydrogens (tertiary/aromatic N) is 3. The topological polar surface area (TPSA) is 68.3 Å². The van der Waals surface area contributed by atoms with E-state index in [0.717, 1.165) is 34.7 Å². The van der Waals surface area contributed by atoms with Crippen LogP contribution in [0.2, 0.25) is 0 Å². The van der Waals surface area contributed by atoms with E-state index in [1.807, 2.05) is 55.6 Å². The van der Waals surface area contributed by atoms with Crippen LogP contribution in [0, 0.1) is 0 Å². The maximum atomic E-state index is 14.2. The van der Waals surface area contributed by atoms with Gasteiger partial charge in [-0.05, 0) is 46.5 Å². The van der Waals surface area contributed by atoms with Crippen molar-refractivity contribution in [1.29, 1.82) is 0 Å². The lowest BCUT2D eigenvalue weighted by Crippen LogP contribution is -2.59. The number of carbonyl (C=O) groups excluding carboxylic acids is 1. The molecule has 1 atom stereocenters. The molecule has 0 aliphatic carbocycles. The summed E-state index contributed by atoms with van der Waals surface area (Å²) in [6, 6.07) is 28.3. The predicted molar refractivity (Wildman–Crippen MR) is 137 cm³/mol. The molecule has 168 valence electrons. The van der Waals surface area contributed by atoms with Gasteiger partial charge in [0.1, 0.15) is 5.57 Å². The number of aryl methyl sites for hydroxylation is 1. The summed E-state index contributed by atoms with van der Waals surface area (Å²) >= 11 is 0. The van der Waals surface area contributed by atoms with Crippen LogP contribution in [0.3, 0.4) is 0 Å². The summed E-state index contributed by atoms with van der Waals surface area (Å²) in [5.74, 6) is 0.275. The van der Waals surface area contributed by atoms with Gasteiger partial charge in [0, 0.05) is 24.4 Å². The molecule has 0 fully saturated rings. The van der Waals surface area contributed by atoms with Crippen LogP contribution in [0.1, 0.15) is 23.1 Å². The average molecular weight is 448 g/mol. The Balaban J connectivity index is 1.57. The SMILES string of the molecule is C[N+]1(CCCc2ccccc2)C(=O)C(c2ccc3ccccc3c2)=C(c2ccncc2)N=C1N. The molecule has 1 unspecified atom stereocenters. The molecule has 0 saturated carbocycles. The van der Waals surface area contributed by atoms with Crippen molar-refractivity contribution in [2.45, 2.75) is 12.8 Å². The highest BCUT2D eigenvalue weighted by Crippen LogP contribution is 2.36. The van der Waals surface area contributed by atoms with Crippen molar-refractivity contribution in [3.05, 3.63) is 114 Å². The third kappa shape index (κ3) is 4.02. The Morgan fingerprint density at radius 2 is 1.53 bits per heavy atom. The van der Waals surface area contributed by atoms with Crippen LogP contribution in [-0.4, -0.2) is 34.9 Å². The van der Waals surface area contributed by atoms with E-state index in [9.17, 15) is 4.79 Å². The minimum atomic E-state index is -0.0392. The van der Waals surface area contributed by atoms with Gasteiger partial charge in [0.2, 0.25) is 0 Å². The van der Waals surface area contributed by atoms with Gasteiger partial charge in [-0.3, -0.25) is 4.98 Å². The first-order valence-electron chi connectivity index (χ1n) is 11.5. The van der Waals surface area contributed by atoms with Crippen molar-refractivity contribution in [1.82, 2.24) is 4.98 Å². The van der Waals surface area contributed by atoms with E-state index in [4.69, 9.17) is 10.7 Å². The smallest absolute Gasteiger partial charge is 0.337 e. The summed E-state index contributed by atoms with van der Waals surface area (Å²) in [4.78, 5) is 23.1. The second kappa shape index (κ2) is 9.04. The highest BCUT2D eigenvalue weighted by Gasteiger charge is 2.44. The summed E-state index contributed by atoms with van der Waals surface area (Å²) in [6.07, 6.45) is 5.11. The minimum absolute atomic E-state index is 0.0381. The molecule has 1 aromatic heterocycles. The van der Waals surface area contributed by atoms with Crippen molar-refractivity contribution in [2.24, 2.45) is 10.7 Å². The predicted octanol–water partition coefficient (Wildman–Crippen LogP) is 5.04. The number of guanidine groups is 1. The van der Waals surface area contributed by atoms with Gasteiger partial charge in [-0.25, -0.2) is 4.79 Å². The highest BCUT2D eigenvalue weighted by molar-refractivity contribution is 6.28. The van der Waals surface area contributed by atoms with Crippen LogP contribution in [0.15, 0.2) is 102 Å². The summed E-state index contributed by atoms with van der Waals surface area (Å²) in [7, 11) is 1.87. The number of nitrogens with two attached hydrogens (primary N) is 1. The maximum Gasteiger partial charge on any atom is 0.356 e. The minimum Gasteiger partial charge on any atom is -0.337 e. The number of aliphatic imine (C=N–C) groups is 1. The van der Waals surface area contributed by atoms with Gasteiger partial charge in [-0.2, -0.15) is 9.48 Å². The first kappa shape index (κ1) is 21.7. The fourth-order valence-electron chi connectivity index (χ4n) is 4.52. The Labute approximate surface area is 199 Å². The van der Waals surface area contributed by atoms with Gasteiger partial charge < -0.3 is 5.73 Å². The first-order valence-corrected chi connectivity index (χ1v) is 11.5. The van der Waals surface area contributed by atoms with Crippen LogP contribution >= 0.6 is 0 Å². The zero-order valence-electron chi connectivity index (χ0n) is 19.2. The molecular weight excluding hydrogens is 420 g/mol. The molecule has 1 amide bonds. The molecule has 0 spiro atoms. The largest absolute Gasteiger partial charge is 0.356 e. The lowest BCUT2D eigenvalue weighted by molar-refractivity contribution is -0.740. The van der Waals surface area contributed by atoms with E-state index in [1.165, 1.54) is 5.56 Å². The lowest BCUT2D eigenvalue weighted by Gasteiger charge is -2.34. The Morgan fingerprint density at radius 1 is 0.824 bits per heavy atom. The van der Waals surface area contributed by atoms with Gasteiger partial charge in [0.25, 0.3) is 0 Å². The summed E-state index contributed by atoms with van der Waals surface area (Å²) < 4.78 is -0.0381. The normalized spacial score (nSPS) is 18.3. The van der Waals surface area contributed by atoms with E-state index in [2.05, 4.69) is 41.4 Å². The maximum absolute atomic E-state index is 14.2. The standard InChI is InChI=1S/C29H26N4O/c1-33(19-7-10-21-8-3-2-4-9-21)28(34)26(25-14-13-22-11-5-6-12-24(22)20-25)27(32-29(33)30)23-15-17-31-18-16-23/h2-6,8-9,11-18,20H,7,10,19H2,1H3,(H-,30,32,34)/p+1. The quantitative estimate of drug-likeness (QED) is 0.421. The molecule has 5 nitrogen and oxygen atoms in total. The van der Waals surface area contributed by atoms with Crippen LogP contribution in [-0.2, 0) is 11.2 Å². The van der Waals surface area contributed by atoms with E-state index in [0.29, 0.717) is 23.8 Å². The van der Waals surface area contributed by atoms with Crippen molar-refractivity contribution in [3.63, 3.8) is 0 Å². The monoisotopic (exact) mass is 447 g/mol. The van der Waals surface area contributed by atoms with Gasteiger partial charge >= 0.3 is 11.9 Å². The first-order chi connectivity index (χ1) is 16.6. The van der Waals surface area contributed by atoms with Crippen LogP contribution in [0.25, 0.3) is 22.0 Å². The third-order valence-corrected chi connectivity index (χ3v) is 6.54. The fraction of sp³-hybridized carbons (Fsp3) is 0.138. The molecule has 2 heterocycles. The number of pyridine rings is 1. The number of likely N-dealkylation sites (N-methyl/N-ethyl adjacent to an activating group) is 1. The van der Waals surface area contributed by atoms with E-state index in [1.54, 1.807) is 12.4 Å². The molecule has 1 aliphatic heterocycles. The van der Waals surface area contributed by atoms with Crippen molar-refractivity contribution in [2.75, 3.05) is 13.6 Å². The number of benzene rings is 3. The van der Waals surface area contributed by atoms with Crippen LogP contribution < -0.4 is 5.73 Å². The van der Waals surface area contributed by atoms with E-state index < -0.39 is 0 Å². The molecule has 3 aromatic carbocycles. The number of aromatic nitrogens is 1. The number of rotatable bonds is 6. The summed E-state index contributed by atoms with van der Waals surface area (Å²) in [5.41, 5.74) is 10.6. The molecule has 5 heteroatoms. The summed E-state index contributed by atoms with van der Waals surface area (Å²) in [5, 5.41) is 2.21. The molecule has 1 aliphatic rings. The van der Waals surface area contributed by atoms with Gasteiger partial charge in [0.15, 0.2) is 0 Å². The molecule has 0 bridgehead atoms. The molecular formula is C29H27N4O+. The second-order valence-corrected chi connectivity index (χ2v) is 8.80.